The van der Waals surface area contributed by atoms with Crippen LogP contribution in [0.2, 0.25) is 0 Å². The minimum atomic E-state index is -3.84. The third-order valence-electron chi connectivity index (χ3n) is 4.16. The fourth-order valence-electron chi connectivity index (χ4n) is 2.83. The number of nitrogens with one attached hydrogen (secondary N) is 2. The summed E-state index contributed by atoms with van der Waals surface area (Å²) < 4.78 is 28.4. The highest BCUT2D eigenvalue weighted by Gasteiger charge is 2.29. The number of imidazole rings is 1. The van der Waals surface area contributed by atoms with Crippen LogP contribution in [0, 0.1) is 0 Å². The molecule has 1 atom stereocenters. The molecule has 1 aliphatic heterocycles. The van der Waals surface area contributed by atoms with E-state index >= 15 is 0 Å². The van der Waals surface area contributed by atoms with Crippen LogP contribution in [0.1, 0.15) is 17.3 Å². The number of hydrogen-bond donors (Lipinski definition) is 2. The fraction of sp³-hybridized carbons (Fsp3) is 0.353. The molecule has 2 aromatic rings. The molecule has 1 aromatic heterocycles. The summed E-state index contributed by atoms with van der Waals surface area (Å²) in [5.41, 5.74) is 0.245. The Hall–Kier alpha value is -2.72. The molecule has 0 bridgehead atoms. The van der Waals surface area contributed by atoms with Gasteiger partial charge in [0, 0.05) is 43.6 Å². The van der Waals surface area contributed by atoms with E-state index in [0.29, 0.717) is 6.54 Å². The molecular weight excluding hydrogens is 370 g/mol. The van der Waals surface area contributed by atoms with Crippen molar-refractivity contribution < 1.29 is 18.0 Å². The predicted octanol–water partition coefficient (Wildman–Crippen LogP) is -0.178. The molecule has 10 heteroatoms. The number of hydrogen-bond acceptors (Lipinski definition) is 5. The van der Waals surface area contributed by atoms with Gasteiger partial charge < -0.3 is 15.2 Å². The van der Waals surface area contributed by atoms with Crippen LogP contribution < -0.4 is 10.6 Å². The lowest BCUT2D eigenvalue weighted by molar-refractivity contribution is -0.122. The second kappa shape index (κ2) is 7.89. The Morgan fingerprint density at radius 3 is 2.93 bits per heavy atom. The lowest BCUT2D eigenvalue weighted by Crippen LogP contribution is -2.49. The Bertz CT molecular complexity index is 927. The van der Waals surface area contributed by atoms with E-state index in [1.54, 1.807) is 24.8 Å². The molecule has 9 nitrogen and oxygen atoms in total. The van der Waals surface area contributed by atoms with Crippen LogP contribution in [0.5, 0.6) is 0 Å². The third-order valence-corrected chi connectivity index (χ3v) is 6.00. The van der Waals surface area contributed by atoms with Crippen LogP contribution in [0.4, 0.5) is 0 Å². The number of sulfonamides is 1. The van der Waals surface area contributed by atoms with Gasteiger partial charge in [-0.3, -0.25) is 9.59 Å². The number of aromatic nitrogens is 2. The highest BCUT2D eigenvalue weighted by Crippen LogP contribution is 2.18. The van der Waals surface area contributed by atoms with Gasteiger partial charge in [0.2, 0.25) is 15.9 Å². The number of rotatable bonds is 6. The van der Waals surface area contributed by atoms with Gasteiger partial charge in [0.05, 0.1) is 17.8 Å². The summed E-state index contributed by atoms with van der Waals surface area (Å²) in [6.07, 6.45) is 5.11. The zero-order valence-corrected chi connectivity index (χ0v) is 15.6. The van der Waals surface area contributed by atoms with Crippen LogP contribution in [0.25, 0.3) is 0 Å². The second-order valence-corrected chi connectivity index (χ2v) is 8.29. The monoisotopic (exact) mass is 391 g/mol. The molecule has 1 fully saturated rings. The van der Waals surface area contributed by atoms with Crippen molar-refractivity contribution in [1.82, 2.24) is 24.5 Å². The Labute approximate surface area is 157 Å². The van der Waals surface area contributed by atoms with Gasteiger partial charge in [-0.15, -0.1) is 0 Å². The summed E-state index contributed by atoms with van der Waals surface area (Å²) in [5, 5.41) is 5.43. The van der Waals surface area contributed by atoms with Gasteiger partial charge in [0.25, 0.3) is 5.91 Å². The molecule has 144 valence electrons. The van der Waals surface area contributed by atoms with Gasteiger partial charge >= 0.3 is 0 Å². The Morgan fingerprint density at radius 2 is 2.22 bits per heavy atom. The highest BCUT2D eigenvalue weighted by molar-refractivity contribution is 7.89. The van der Waals surface area contributed by atoms with E-state index in [1.807, 2.05) is 11.5 Å². The number of carbonyl (C=O) groups excluding carboxylic acids is 2. The molecule has 1 aromatic carbocycles. The summed E-state index contributed by atoms with van der Waals surface area (Å²) in [6, 6.07) is 5.67. The molecule has 0 radical (unpaired) electrons. The summed E-state index contributed by atoms with van der Waals surface area (Å²) >= 11 is 0. The van der Waals surface area contributed by atoms with Crippen molar-refractivity contribution in [3.8, 4) is 0 Å². The SMILES string of the molecule is C[C@H](Cn1ccnc1)NC(=O)c1cccc(S(=O)(=O)N2CCNC(=O)C2)c1. The van der Waals surface area contributed by atoms with E-state index in [1.165, 1.54) is 18.2 Å². The molecule has 1 saturated heterocycles. The lowest BCUT2D eigenvalue weighted by Gasteiger charge is -2.26. The van der Waals surface area contributed by atoms with Crippen molar-refractivity contribution in [1.29, 1.82) is 0 Å². The second-order valence-electron chi connectivity index (χ2n) is 6.35. The fourth-order valence-corrected chi connectivity index (χ4v) is 4.27. The first-order valence-electron chi connectivity index (χ1n) is 8.50. The van der Waals surface area contributed by atoms with E-state index < -0.39 is 10.0 Å². The van der Waals surface area contributed by atoms with E-state index in [-0.39, 0.29) is 47.9 Å². The normalized spacial score (nSPS) is 16.6. The molecule has 2 amide bonds. The van der Waals surface area contributed by atoms with Crippen LogP contribution >= 0.6 is 0 Å². The summed E-state index contributed by atoms with van der Waals surface area (Å²) in [5.74, 6) is -0.705. The summed E-state index contributed by atoms with van der Waals surface area (Å²) in [6.45, 7) is 2.65. The van der Waals surface area contributed by atoms with Crippen LogP contribution in [0.15, 0.2) is 47.9 Å². The van der Waals surface area contributed by atoms with E-state index in [0.717, 1.165) is 4.31 Å². The van der Waals surface area contributed by atoms with Gasteiger partial charge in [-0.2, -0.15) is 4.31 Å². The van der Waals surface area contributed by atoms with Crippen molar-refractivity contribution in [2.45, 2.75) is 24.4 Å². The Kier molecular flexibility index (Phi) is 5.57. The van der Waals surface area contributed by atoms with Gasteiger partial charge in [0.1, 0.15) is 0 Å². The maximum atomic E-state index is 12.7. The van der Waals surface area contributed by atoms with Crippen LogP contribution in [-0.2, 0) is 21.4 Å². The molecule has 3 rings (SSSR count). The number of nitrogens with zero attached hydrogens (tertiary/aromatic N) is 3. The average Bonchev–Trinajstić information content (AvgIpc) is 3.14. The number of amides is 2. The topological polar surface area (TPSA) is 113 Å². The van der Waals surface area contributed by atoms with Gasteiger partial charge in [0.15, 0.2) is 0 Å². The van der Waals surface area contributed by atoms with Crippen molar-refractivity contribution in [3.05, 3.63) is 48.5 Å². The molecule has 27 heavy (non-hydrogen) atoms. The number of carbonyl (C=O) groups is 2. The molecule has 2 N–H and O–H groups in total. The van der Waals surface area contributed by atoms with Crippen LogP contribution in [0.3, 0.4) is 0 Å². The zero-order chi connectivity index (χ0) is 19.4. The van der Waals surface area contributed by atoms with Crippen LogP contribution in [-0.4, -0.2) is 59.8 Å². The van der Waals surface area contributed by atoms with Gasteiger partial charge in [-0.05, 0) is 25.1 Å². The minimum Gasteiger partial charge on any atom is -0.354 e. The molecule has 1 aliphatic rings. The van der Waals surface area contributed by atoms with Crippen molar-refractivity contribution in [2.75, 3.05) is 19.6 Å². The zero-order valence-electron chi connectivity index (χ0n) is 14.8. The van der Waals surface area contributed by atoms with E-state index in [4.69, 9.17) is 0 Å². The third kappa shape index (κ3) is 4.52. The lowest BCUT2D eigenvalue weighted by atomic mass is 10.2. The van der Waals surface area contributed by atoms with Crippen molar-refractivity contribution in [3.63, 3.8) is 0 Å². The molecular formula is C17H21N5O4S. The maximum absolute atomic E-state index is 12.7. The maximum Gasteiger partial charge on any atom is 0.251 e. The molecule has 0 saturated carbocycles. The molecule has 0 spiro atoms. The van der Waals surface area contributed by atoms with E-state index in [9.17, 15) is 18.0 Å². The number of piperazine rings is 1. The van der Waals surface area contributed by atoms with E-state index in [2.05, 4.69) is 15.6 Å². The summed E-state index contributed by atoms with van der Waals surface area (Å²) in [7, 11) is -3.84. The van der Waals surface area contributed by atoms with Gasteiger partial charge in [-0.1, -0.05) is 6.07 Å². The molecule has 0 unspecified atom stereocenters. The van der Waals surface area contributed by atoms with Gasteiger partial charge in [-0.25, -0.2) is 13.4 Å². The largest absolute Gasteiger partial charge is 0.354 e. The first kappa shape index (κ1) is 19.1. The Morgan fingerprint density at radius 1 is 1.41 bits per heavy atom. The Balaban J connectivity index is 1.72. The summed E-state index contributed by atoms with van der Waals surface area (Å²) in [4.78, 5) is 27.9. The quantitative estimate of drug-likeness (QED) is 0.709. The smallest absolute Gasteiger partial charge is 0.251 e. The highest BCUT2D eigenvalue weighted by atomic mass is 32.2. The number of benzene rings is 1. The molecule has 0 aliphatic carbocycles. The molecule has 2 heterocycles. The van der Waals surface area contributed by atoms with Crippen molar-refractivity contribution >= 4 is 21.8 Å². The first-order valence-corrected chi connectivity index (χ1v) is 9.94. The predicted molar refractivity (Wildman–Crippen MR) is 97.4 cm³/mol. The first-order chi connectivity index (χ1) is 12.9. The van der Waals surface area contributed by atoms with Crippen molar-refractivity contribution in [2.24, 2.45) is 0 Å². The minimum absolute atomic E-state index is 0.00730. The average molecular weight is 391 g/mol. The standard InChI is InChI=1S/C17H21N5O4S/c1-13(10-21-7-5-18-12-21)20-17(24)14-3-2-4-15(9-14)27(25,26)22-8-6-19-16(23)11-22/h2-5,7,9,12-13H,6,8,10-11H2,1H3,(H,19,23)(H,20,24)/t13-/m1/s1.